The lowest BCUT2D eigenvalue weighted by Crippen LogP contribution is -2.08. The highest BCUT2D eigenvalue weighted by Crippen LogP contribution is 2.27. The van der Waals surface area contributed by atoms with Gasteiger partial charge < -0.3 is 18.8 Å². The number of benzene rings is 1. The van der Waals surface area contributed by atoms with Gasteiger partial charge in [-0.25, -0.2) is 9.78 Å². The zero-order chi connectivity index (χ0) is 15.4. The van der Waals surface area contributed by atoms with Gasteiger partial charge in [0, 0.05) is 7.05 Å². The molecule has 6 nitrogen and oxygen atoms in total. The van der Waals surface area contributed by atoms with Gasteiger partial charge >= 0.3 is 5.97 Å². The van der Waals surface area contributed by atoms with Crippen LogP contribution in [0, 0.1) is 0 Å². The van der Waals surface area contributed by atoms with Crippen LogP contribution in [0.1, 0.15) is 16.2 Å². The largest absolute Gasteiger partial charge is 0.493 e. The first-order chi connectivity index (χ1) is 10.1. The molecule has 0 atom stereocenters. The lowest BCUT2D eigenvalue weighted by atomic mass is 10.2. The Kier molecular flexibility index (Phi) is 4.70. The number of imidazole rings is 1. The maximum absolute atomic E-state index is 12.0. The van der Waals surface area contributed by atoms with Gasteiger partial charge in [0.1, 0.15) is 17.6 Å². The predicted molar refractivity (Wildman–Crippen MR) is 76.9 cm³/mol. The molecule has 0 spiro atoms. The number of rotatable bonds is 5. The molecule has 0 N–H and O–H groups in total. The van der Waals surface area contributed by atoms with Gasteiger partial charge in [0.15, 0.2) is 11.5 Å². The lowest BCUT2D eigenvalue weighted by molar-refractivity contribution is 0.0459. The average Bonchev–Trinajstić information content (AvgIpc) is 2.83. The van der Waals surface area contributed by atoms with Gasteiger partial charge in [-0.1, -0.05) is 11.6 Å². The number of carbonyl (C=O) groups is 1. The molecule has 112 valence electrons. The van der Waals surface area contributed by atoms with Crippen molar-refractivity contribution in [2.24, 2.45) is 7.05 Å². The van der Waals surface area contributed by atoms with Crippen LogP contribution in [0.3, 0.4) is 0 Å². The topological polar surface area (TPSA) is 62.6 Å². The van der Waals surface area contributed by atoms with E-state index in [2.05, 4.69) is 4.98 Å². The fourth-order valence-electron chi connectivity index (χ4n) is 1.73. The van der Waals surface area contributed by atoms with Crippen molar-refractivity contribution >= 4 is 17.6 Å². The van der Waals surface area contributed by atoms with E-state index in [1.807, 2.05) is 0 Å². The molecule has 0 radical (unpaired) electrons. The number of methoxy groups -OCH3 is 2. The van der Waals surface area contributed by atoms with Crippen molar-refractivity contribution < 1.29 is 19.0 Å². The van der Waals surface area contributed by atoms with E-state index in [9.17, 15) is 4.79 Å². The minimum Gasteiger partial charge on any atom is -0.493 e. The number of aromatic nitrogens is 2. The Bertz CT molecular complexity index is 654. The highest BCUT2D eigenvalue weighted by Gasteiger charge is 2.13. The van der Waals surface area contributed by atoms with Crippen molar-refractivity contribution in [1.29, 1.82) is 0 Å². The molecular formula is C14H15ClN2O4. The maximum Gasteiger partial charge on any atom is 0.338 e. The second-order valence-corrected chi connectivity index (χ2v) is 4.59. The number of hydrogen-bond acceptors (Lipinski definition) is 5. The Morgan fingerprint density at radius 1 is 1.29 bits per heavy atom. The number of carbonyl (C=O) groups excluding carboxylic acids is 1. The van der Waals surface area contributed by atoms with Crippen LogP contribution in [0.25, 0.3) is 0 Å². The minimum absolute atomic E-state index is 0.0381. The van der Waals surface area contributed by atoms with Gasteiger partial charge in [-0.05, 0) is 18.2 Å². The molecule has 0 aliphatic heterocycles. The summed E-state index contributed by atoms with van der Waals surface area (Å²) in [4.78, 5) is 16.1. The zero-order valence-corrected chi connectivity index (χ0v) is 12.7. The first kappa shape index (κ1) is 15.2. The summed E-state index contributed by atoms with van der Waals surface area (Å²) in [5.74, 6) is 1.10. The maximum atomic E-state index is 12.0. The third kappa shape index (κ3) is 3.28. The van der Waals surface area contributed by atoms with Crippen LogP contribution >= 0.6 is 11.6 Å². The molecule has 0 aliphatic rings. The number of ether oxygens (including phenoxy) is 3. The van der Waals surface area contributed by atoms with Crippen LogP contribution in [0.4, 0.5) is 0 Å². The van der Waals surface area contributed by atoms with Gasteiger partial charge in [0.2, 0.25) is 0 Å². The van der Waals surface area contributed by atoms with Crippen LogP contribution in [0.5, 0.6) is 11.5 Å². The average molecular weight is 311 g/mol. The van der Waals surface area contributed by atoms with Crippen molar-refractivity contribution in [2.45, 2.75) is 6.61 Å². The molecule has 7 heteroatoms. The van der Waals surface area contributed by atoms with E-state index in [1.165, 1.54) is 20.4 Å². The second kappa shape index (κ2) is 6.49. The number of nitrogens with zero attached hydrogens (tertiary/aromatic N) is 2. The van der Waals surface area contributed by atoms with Gasteiger partial charge in [0.05, 0.1) is 26.0 Å². The van der Waals surface area contributed by atoms with Crippen LogP contribution in [0.2, 0.25) is 5.15 Å². The Balaban J connectivity index is 2.08. The molecule has 2 rings (SSSR count). The molecular weight excluding hydrogens is 296 g/mol. The summed E-state index contributed by atoms with van der Waals surface area (Å²) in [6.07, 6.45) is 1.50. The smallest absolute Gasteiger partial charge is 0.338 e. The molecule has 0 unspecified atom stereocenters. The molecule has 0 saturated carbocycles. The molecule has 0 saturated heterocycles. The molecule has 0 aliphatic carbocycles. The molecule has 1 aromatic carbocycles. The SMILES string of the molecule is COc1ccc(C(=O)OCc2ncc(Cl)n2C)cc1OC. The van der Waals surface area contributed by atoms with Gasteiger partial charge in [-0.15, -0.1) is 0 Å². The molecule has 2 aromatic rings. The number of halogens is 1. The Morgan fingerprint density at radius 3 is 2.57 bits per heavy atom. The predicted octanol–water partition coefficient (Wildman–Crippen LogP) is 2.45. The van der Waals surface area contributed by atoms with E-state index in [0.29, 0.717) is 28.0 Å². The van der Waals surface area contributed by atoms with E-state index in [1.54, 1.807) is 29.8 Å². The third-order valence-electron chi connectivity index (χ3n) is 2.98. The molecule has 1 aromatic heterocycles. The summed E-state index contributed by atoms with van der Waals surface area (Å²) in [6.45, 7) is 0.0381. The number of hydrogen-bond donors (Lipinski definition) is 0. The number of esters is 1. The molecule has 0 bridgehead atoms. The normalized spacial score (nSPS) is 10.3. The minimum atomic E-state index is -0.477. The van der Waals surface area contributed by atoms with Gasteiger partial charge in [-0.3, -0.25) is 0 Å². The fourth-order valence-corrected chi connectivity index (χ4v) is 1.88. The second-order valence-electron chi connectivity index (χ2n) is 4.20. The first-order valence-corrected chi connectivity index (χ1v) is 6.50. The monoisotopic (exact) mass is 310 g/mol. The van der Waals surface area contributed by atoms with Crippen molar-refractivity contribution in [3.8, 4) is 11.5 Å². The summed E-state index contributed by atoms with van der Waals surface area (Å²) in [5.41, 5.74) is 0.368. The molecule has 0 amide bonds. The van der Waals surface area contributed by atoms with Crippen LogP contribution in [-0.4, -0.2) is 29.7 Å². The van der Waals surface area contributed by atoms with E-state index < -0.39 is 5.97 Å². The summed E-state index contributed by atoms with van der Waals surface area (Å²) in [5, 5.41) is 0.479. The van der Waals surface area contributed by atoms with Crippen LogP contribution in [0.15, 0.2) is 24.4 Å². The summed E-state index contributed by atoms with van der Waals surface area (Å²) >= 11 is 5.86. The fraction of sp³-hybridized carbons (Fsp3) is 0.286. The lowest BCUT2D eigenvalue weighted by Gasteiger charge is -2.09. The molecule has 0 fully saturated rings. The molecule has 21 heavy (non-hydrogen) atoms. The highest BCUT2D eigenvalue weighted by molar-refractivity contribution is 6.29. The van der Waals surface area contributed by atoms with E-state index >= 15 is 0 Å². The van der Waals surface area contributed by atoms with Crippen LogP contribution in [-0.2, 0) is 18.4 Å². The van der Waals surface area contributed by atoms with Crippen molar-refractivity contribution in [3.05, 3.63) is 40.9 Å². The van der Waals surface area contributed by atoms with E-state index in [4.69, 9.17) is 25.8 Å². The Morgan fingerprint density at radius 2 is 2.00 bits per heavy atom. The Hall–Kier alpha value is -2.21. The quantitative estimate of drug-likeness (QED) is 0.794. The van der Waals surface area contributed by atoms with Crippen LogP contribution < -0.4 is 9.47 Å². The van der Waals surface area contributed by atoms with Gasteiger partial charge in [0.25, 0.3) is 0 Å². The van der Waals surface area contributed by atoms with E-state index in [-0.39, 0.29) is 6.61 Å². The van der Waals surface area contributed by atoms with Crippen molar-refractivity contribution in [2.75, 3.05) is 14.2 Å². The van der Waals surface area contributed by atoms with Gasteiger partial charge in [-0.2, -0.15) is 0 Å². The standard InChI is InChI=1S/C14H15ClN2O4/c1-17-12(15)7-16-13(17)8-21-14(18)9-4-5-10(19-2)11(6-9)20-3/h4-7H,8H2,1-3H3. The zero-order valence-electron chi connectivity index (χ0n) is 11.9. The third-order valence-corrected chi connectivity index (χ3v) is 3.33. The summed E-state index contributed by atoms with van der Waals surface area (Å²) < 4.78 is 17.1. The van der Waals surface area contributed by atoms with Crippen molar-refractivity contribution in [1.82, 2.24) is 9.55 Å². The Labute approximate surface area is 127 Å². The summed E-state index contributed by atoms with van der Waals surface area (Å²) in [7, 11) is 4.78. The molecule has 1 heterocycles. The van der Waals surface area contributed by atoms with Crippen molar-refractivity contribution in [3.63, 3.8) is 0 Å². The van der Waals surface area contributed by atoms with E-state index in [0.717, 1.165) is 0 Å². The highest BCUT2D eigenvalue weighted by atomic mass is 35.5. The first-order valence-electron chi connectivity index (χ1n) is 6.12. The summed E-state index contributed by atoms with van der Waals surface area (Å²) in [6, 6.07) is 4.81.